The zero-order chi connectivity index (χ0) is 16.4. The number of carbonyl (C=O) groups is 2. The van der Waals surface area contributed by atoms with E-state index in [2.05, 4.69) is 5.32 Å². The molecule has 2 N–H and O–H groups in total. The topological polar surface area (TPSA) is 69.6 Å². The van der Waals surface area contributed by atoms with Gasteiger partial charge in [-0.3, -0.25) is 9.59 Å². The molecule has 0 bridgehead atoms. The number of aliphatic hydroxyl groups is 1. The minimum Gasteiger partial charge on any atom is -0.388 e. The van der Waals surface area contributed by atoms with Crippen LogP contribution in [0.25, 0.3) is 0 Å². The van der Waals surface area contributed by atoms with E-state index < -0.39 is 5.60 Å². The summed E-state index contributed by atoms with van der Waals surface area (Å²) >= 11 is 0. The van der Waals surface area contributed by atoms with Crippen molar-refractivity contribution in [2.24, 2.45) is 0 Å². The quantitative estimate of drug-likeness (QED) is 0.896. The molecule has 0 saturated heterocycles. The SMILES string of the molecule is CC(=O)N1CCc2cc(C(=O)NCC3(O)CCCCC3)ccc21. The fourth-order valence-electron chi connectivity index (χ4n) is 3.60. The summed E-state index contributed by atoms with van der Waals surface area (Å²) in [4.78, 5) is 25.6. The van der Waals surface area contributed by atoms with E-state index in [0.717, 1.165) is 49.8 Å². The van der Waals surface area contributed by atoms with Gasteiger partial charge in [0, 0.05) is 31.3 Å². The third kappa shape index (κ3) is 3.39. The molecule has 0 aromatic heterocycles. The number of hydrogen-bond donors (Lipinski definition) is 2. The van der Waals surface area contributed by atoms with Crippen LogP contribution in [-0.2, 0) is 11.2 Å². The normalized spacial score (nSPS) is 19.3. The summed E-state index contributed by atoms with van der Waals surface area (Å²) in [7, 11) is 0. The number of benzene rings is 1. The molecule has 0 unspecified atom stereocenters. The first-order chi connectivity index (χ1) is 11.0. The Balaban J connectivity index is 1.65. The second kappa shape index (κ2) is 6.32. The molecular formula is C18H24N2O3. The van der Waals surface area contributed by atoms with Crippen LogP contribution in [0.4, 0.5) is 5.69 Å². The summed E-state index contributed by atoms with van der Waals surface area (Å²) in [5, 5.41) is 13.3. The molecule has 124 valence electrons. The standard InChI is InChI=1S/C18H24N2O3/c1-13(21)20-10-7-14-11-15(5-6-16(14)20)17(22)19-12-18(23)8-3-2-4-9-18/h5-6,11,23H,2-4,7-10,12H2,1H3,(H,19,22). The Morgan fingerprint density at radius 2 is 2.00 bits per heavy atom. The summed E-state index contributed by atoms with van der Waals surface area (Å²) in [5.74, 6) is -0.131. The second-order valence-corrected chi connectivity index (χ2v) is 6.73. The van der Waals surface area contributed by atoms with E-state index >= 15 is 0 Å². The van der Waals surface area contributed by atoms with Gasteiger partial charge in [0.1, 0.15) is 0 Å². The highest BCUT2D eigenvalue weighted by Gasteiger charge is 2.30. The van der Waals surface area contributed by atoms with Gasteiger partial charge in [0.15, 0.2) is 0 Å². The summed E-state index contributed by atoms with van der Waals surface area (Å²) in [6, 6.07) is 5.45. The predicted molar refractivity (Wildman–Crippen MR) is 88.5 cm³/mol. The molecule has 1 aromatic carbocycles. The van der Waals surface area contributed by atoms with Crippen LogP contribution in [0.3, 0.4) is 0 Å². The molecule has 2 aliphatic rings. The van der Waals surface area contributed by atoms with Gasteiger partial charge in [0.25, 0.3) is 5.91 Å². The van der Waals surface area contributed by atoms with Crippen molar-refractivity contribution in [3.05, 3.63) is 29.3 Å². The maximum atomic E-state index is 12.3. The first kappa shape index (κ1) is 16.0. The van der Waals surface area contributed by atoms with E-state index in [4.69, 9.17) is 0 Å². The second-order valence-electron chi connectivity index (χ2n) is 6.73. The number of nitrogens with zero attached hydrogens (tertiary/aromatic N) is 1. The van der Waals surface area contributed by atoms with Gasteiger partial charge < -0.3 is 15.3 Å². The van der Waals surface area contributed by atoms with E-state index in [1.807, 2.05) is 12.1 Å². The van der Waals surface area contributed by atoms with Crippen molar-refractivity contribution >= 4 is 17.5 Å². The molecule has 5 nitrogen and oxygen atoms in total. The van der Waals surface area contributed by atoms with Crippen molar-refractivity contribution in [1.29, 1.82) is 0 Å². The van der Waals surface area contributed by atoms with Gasteiger partial charge in [-0.2, -0.15) is 0 Å². The van der Waals surface area contributed by atoms with Gasteiger partial charge in [0.05, 0.1) is 5.60 Å². The molecule has 1 fully saturated rings. The van der Waals surface area contributed by atoms with Gasteiger partial charge in [0.2, 0.25) is 5.91 Å². The molecule has 1 heterocycles. The zero-order valence-corrected chi connectivity index (χ0v) is 13.6. The van der Waals surface area contributed by atoms with Crippen LogP contribution in [0, 0.1) is 0 Å². The lowest BCUT2D eigenvalue weighted by Crippen LogP contribution is -2.44. The maximum Gasteiger partial charge on any atom is 0.251 e. The van der Waals surface area contributed by atoms with E-state index in [1.165, 1.54) is 0 Å². The van der Waals surface area contributed by atoms with Gasteiger partial charge >= 0.3 is 0 Å². The van der Waals surface area contributed by atoms with Gasteiger partial charge in [-0.25, -0.2) is 0 Å². The fourth-order valence-corrected chi connectivity index (χ4v) is 3.60. The van der Waals surface area contributed by atoms with Gasteiger partial charge in [-0.05, 0) is 43.0 Å². The number of carbonyl (C=O) groups excluding carboxylic acids is 2. The molecule has 0 spiro atoms. The Labute approximate surface area is 136 Å². The average molecular weight is 316 g/mol. The van der Waals surface area contributed by atoms with Crippen LogP contribution in [0.1, 0.15) is 54.9 Å². The number of anilines is 1. The average Bonchev–Trinajstić information content (AvgIpc) is 2.96. The molecule has 5 heteroatoms. The van der Waals surface area contributed by atoms with Crippen molar-refractivity contribution in [1.82, 2.24) is 5.32 Å². The molecular weight excluding hydrogens is 292 g/mol. The van der Waals surface area contributed by atoms with Crippen LogP contribution in [0.5, 0.6) is 0 Å². The molecule has 23 heavy (non-hydrogen) atoms. The van der Waals surface area contributed by atoms with Gasteiger partial charge in [-0.1, -0.05) is 19.3 Å². The highest BCUT2D eigenvalue weighted by molar-refractivity contribution is 5.97. The molecule has 1 aromatic rings. The van der Waals surface area contributed by atoms with Crippen molar-refractivity contribution in [2.45, 2.75) is 51.0 Å². The maximum absolute atomic E-state index is 12.3. The summed E-state index contributed by atoms with van der Waals surface area (Å²) < 4.78 is 0. The monoisotopic (exact) mass is 316 g/mol. The lowest BCUT2D eigenvalue weighted by Gasteiger charge is -2.32. The number of rotatable bonds is 3. The Bertz CT molecular complexity index is 621. The highest BCUT2D eigenvalue weighted by Crippen LogP contribution is 2.29. The van der Waals surface area contributed by atoms with E-state index in [9.17, 15) is 14.7 Å². The van der Waals surface area contributed by atoms with Crippen LogP contribution in [0.15, 0.2) is 18.2 Å². The third-order valence-corrected chi connectivity index (χ3v) is 4.98. The predicted octanol–water partition coefficient (Wildman–Crippen LogP) is 2.02. The summed E-state index contributed by atoms with van der Waals surface area (Å²) in [5.41, 5.74) is 1.77. The first-order valence-electron chi connectivity index (χ1n) is 8.40. The first-order valence-corrected chi connectivity index (χ1v) is 8.40. The number of nitrogens with one attached hydrogen (secondary N) is 1. The Morgan fingerprint density at radius 1 is 1.26 bits per heavy atom. The number of amides is 2. The lowest BCUT2D eigenvalue weighted by atomic mass is 9.85. The fraction of sp³-hybridized carbons (Fsp3) is 0.556. The summed E-state index contributed by atoms with van der Waals surface area (Å²) in [6.45, 7) is 2.54. The van der Waals surface area contributed by atoms with Crippen LogP contribution < -0.4 is 10.2 Å². The third-order valence-electron chi connectivity index (χ3n) is 4.98. The van der Waals surface area contributed by atoms with Crippen molar-refractivity contribution in [3.8, 4) is 0 Å². The van der Waals surface area contributed by atoms with E-state index in [0.29, 0.717) is 18.7 Å². The number of hydrogen-bond acceptors (Lipinski definition) is 3. The minimum absolute atomic E-state index is 0.0282. The molecule has 1 aliphatic heterocycles. The van der Waals surface area contributed by atoms with Crippen LogP contribution >= 0.6 is 0 Å². The Hall–Kier alpha value is -1.88. The van der Waals surface area contributed by atoms with Crippen molar-refractivity contribution < 1.29 is 14.7 Å². The van der Waals surface area contributed by atoms with E-state index in [1.54, 1.807) is 17.9 Å². The van der Waals surface area contributed by atoms with Crippen molar-refractivity contribution in [3.63, 3.8) is 0 Å². The zero-order valence-electron chi connectivity index (χ0n) is 13.6. The lowest BCUT2D eigenvalue weighted by molar-refractivity contribution is -0.116. The molecule has 1 aliphatic carbocycles. The summed E-state index contributed by atoms with van der Waals surface area (Å²) in [6.07, 6.45) is 5.49. The largest absolute Gasteiger partial charge is 0.388 e. The Morgan fingerprint density at radius 3 is 2.70 bits per heavy atom. The number of fused-ring (bicyclic) bond motifs is 1. The van der Waals surface area contributed by atoms with Crippen molar-refractivity contribution in [2.75, 3.05) is 18.0 Å². The van der Waals surface area contributed by atoms with E-state index in [-0.39, 0.29) is 11.8 Å². The molecule has 0 radical (unpaired) electrons. The molecule has 3 rings (SSSR count). The minimum atomic E-state index is -0.754. The highest BCUT2D eigenvalue weighted by atomic mass is 16.3. The van der Waals surface area contributed by atoms with Gasteiger partial charge in [-0.15, -0.1) is 0 Å². The Kier molecular flexibility index (Phi) is 4.39. The molecule has 1 saturated carbocycles. The molecule has 2 amide bonds. The van der Waals surface area contributed by atoms with Crippen LogP contribution in [0.2, 0.25) is 0 Å². The molecule has 0 atom stereocenters. The smallest absolute Gasteiger partial charge is 0.251 e. The van der Waals surface area contributed by atoms with Crippen LogP contribution in [-0.4, -0.2) is 35.6 Å².